The summed E-state index contributed by atoms with van der Waals surface area (Å²) in [5.41, 5.74) is 13.8. The van der Waals surface area contributed by atoms with Gasteiger partial charge < -0.3 is 17.7 Å². The van der Waals surface area contributed by atoms with Crippen molar-refractivity contribution in [3.8, 4) is 44.9 Å². The van der Waals surface area contributed by atoms with Gasteiger partial charge in [0.2, 0.25) is 0 Å². The molecular formula is C52H28N2O4. The number of aromatic nitrogens is 2. The summed E-state index contributed by atoms with van der Waals surface area (Å²) in [4.78, 5) is 10.6. The molecule has 0 aliphatic rings. The summed E-state index contributed by atoms with van der Waals surface area (Å²) in [5.74, 6) is 0.580. The van der Waals surface area contributed by atoms with Crippen molar-refractivity contribution in [1.82, 2.24) is 9.97 Å². The lowest BCUT2D eigenvalue weighted by Crippen LogP contribution is -1.94. The molecule has 6 heteroatoms. The van der Waals surface area contributed by atoms with Gasteiger partial charge in [-0.1, -0.05) is 103 Å². The Bertz CT molecular complexity index is 3810. The zero-order valence-electron chi connectivity index (χ0n) is 30.7. The lowest BCUT2D eigenvalue weighted by Gasteiger charge is -2.08. The molecule has 0 atom stereocenters. The van der Waals surface area contributed by atoms with E-state index in [0.29, 0.717) is 17.1 Å². The Kier molecular flexibility index (Phi) is 6.35. The molecule has 5 aromatic heterocycles. The lowest BCUT2D eigenvalue weighted by molar-refractivity contribution is 0.666. The predicted molar refractivity (Wildman–Crippen MR) is 233 cm³/mol. The highest BCUT2D eigenvalue weighted by Crippen LogP contribution is 2.42. The highest BCUT2D eigenvalue weighted by Gasteiger charge is 2.22. The molecule has 0 aliphatic heterocycles. The molecule has 0 N–H and O–H groups in total. The Morgan fingerprint density at radius 3 is 1.71 bits per heavy atom. The lowest BCUT2D eigenvalue weighted by atomic mass is 10.00. The van der Waals surface area contributed by atoms with E-state index in [1.54, 1.807) is 0 Å². The molecule has 270 valence electrons. The monoisotopic (exact) mass is 744 g/mol. The molecule has 0 amide bonds. The summed E-state index contributed by atoms with van der Waals surface area (Å²) >= 11 is 0. The van der Waals surface area contributed by atoms with Gasteiger partial charge in [0.15, 0.2) is 11.4 Å². The van der Waals surface area contributed by atoms with Crippen LogP contribution in [0.25, 0.3) is 133 Å². The minimum Gasteiger partial charge on any atom is -0.456 e. The van der Waals surface area contributed by atoms with Crippen molar-refractivity contribution >= 4 is 87.9 Å². The number of rotatable bonds is 4. The first-order valence-electron chi connectivity index (χ1n) is 19.3. The van der Waals surface area contributed by atoms with Crippen LogP contribution in [0.15, 0.2) is 188 Å². The fraction of sp³-hybridized carbons (Fsp3) is 0. The number of hydrogen-bond acceptors (Lipinski definition) is 6. The van der Waals surface area contributed by atoms with Crippen molar-refractivity contribution in [3.63, 3.8) is 0 Å². The van der Waals surface area contributed by atoms with Crippen LogP contribution in [0.4, 0.5) is 0 Å². The third-order valence-electron chi connectivity index (χ3n) is 11.5. The van der Waals surface area contributed by atoms with Gasteiger partial charge in [-0.2, -0.15) is 0 Å². The quantitative estimate of drug-likeness (QED) is 0.179. The normalized spacial score (nSPS) is 12.1. The van der Waals surface area contributed by atoms with Crippen molar-refractivity contribution in [3.05, 3.63) is 170 Å². The van der Waals surface area contributed by atoms with E-state index in [9.17, 15) is 0 Å². The number of benzene rings is 8. The highest BCUT2D eigenvalue weighted by atomic mass is 16.3. The number of para-hydroxylation sites is 2. The van der Waals surface area contributed by atoms with Gasteiger partial charge in [-0.3, -0.25) is 0 Å². The second-order valence-electron chi connectivity index (χ2n) is 14.9. The summed E-state index contributed by atoms with van der Waals surface area (Å²) in [6, 6.07) is 58.0. The first kappa shape index (κ1) is 31.3. The Morgan fingerprint density at radius 1 is 0.310 bits per heavy atom. The Morgan fingerprint density at radius 2 is 0.862 bits per heavy atom. The summed E-state index contributed by atoms with van der Waals surface area (Å²) in [6.45, 7) is 0. The smallest absolute Gasteiger partial charge is 0.180 e. The van der Waals surface area contributed by atoms with Crippen molar-refractivity contribution in [2.75, 3.05) is 0 Å². The van der Waals surface area contributed by atoms with E-state index in [2.05, 4.69) is 97.1 Å². The van der Waals surface area contributed by atoms with Crippen LogP contribution in [0.1, 0.15) is 0 Å². The second-order valence-corrected chi connectivity index (χ2v) is 14.9. The van der Waals surface area contributed by atoms with Gasteiger partial charge in [0.05, 0.1) is 0 Å². The minimum atomic E-state index is 0.580. The average Bonchev–Trinajstić information content (AvgIpc) is 4.05. The molecule has 0 bridgehead atoms. The van der Waals surface area contributed by atoms with E-state index >= 15 is 0 Å². The molecule has 0 saturated heterocycles. The van der Waals surface area contributed by atoms with Crippen LogP contribution < -0.4 is 0 Å². The van der Waals surface area contributed by atoms with Crippen LogP contribution in [0.3, 0.4) is 0 Å². The molecule has 0 radical (unpaired) electrons. The van der Waals surface area contributed by atoms with Crippen LogP contribution in [-0.4, -0.2) is 9.97 Å². The van der Waals surface area contributed by atoms with Gasteiger partial charge in [0.1, 0.15) is 50.3 Å². The number of furan rings is 4. The zero-order chi connectivity index (χ0) is 37.9. The van der Waals surface area contributed by atoms with Gasteiger partial charge in [0, 0.05) is 48.8 Å². The van der Waals surface area contributed by atoms with E-state index in [4.69, 9.17) is 27.6 Å². The standard InChI is InChI=1S/C52H28N2O4/c1-2-9-29(10-3-1)31-18-23-38-47(26-31)58-51-49(33-19-21-36-34-11-4-6-14-41(34)56-45(36)28-33)53-52(54-50(38)51)39-13-8-16-44-48(39)37-22-17-32(27-46(37)57-44)30-20-24-43-40(25-30)35-12-5-7-15-42(35)55-43/h1-28H. The third kappa shape index (κ3) is 4.60. The summed E-state index contributed by atoms with van der Waals surface area (Å²) in [5, 5.41) is 7.18. The first-order chi connectivity index (χ1) is 28.7. The Balaban J connectivity index is 1.01. The van der Waals surface area contributed by atoms with Crippen molar-refractivity contribution in [1.29, 1.82) is 0 Å². The fourth-order valence-electron chi connectivity index (χ4n) is 8.74. The van der Waals surface area contributed by atoms with Crippen LogP contribution >= 0.6 is 0 Å². The average molecular weight is 745 g/mol. The molecule has 13 rings (SSSR count). The summed E-state index contributed by atoms with van der Waals surface area (Å²) in [7, 11) is 0. The Labute approximate surface area is 329 Å². The predicted octanol–water partition coefficient (Wildman–Crippen LogP) is 14.7. The molecule has 8 aromatic carbocycles. The van der Waals surface area contributed by atoms with Gasteiger partial charge in [-0.15, -0.1) is 0 Å². The van der Waals surface area contributed by atoms with Gasteiger partial charge in [-0.25, -0.2) is 9.97 Å². The Hall–Kier alpha value is -7.96. The van der Waals surface area contributed by atoms with E-state index in [0.717, 1.165) is 116 Å². The maximum Gasteiger partial charge on any atom is 0.180 e. The highest BCUT2D eigenvalue weighted by molar-refractivity contribution is 6.15. The first-order valence-corrected chi connectivity index (χ1v) is 19.3. The van der Waals surface area contributed by atoms with Crippen LogP contribution in [0.2, 0.25) is 0 Å². The zero-order valence-corrected chi connectivity index (χ0v) is 30.7. The maximum atomic E-state index is 6.73. The molecule has 0 spiro atoms. The van der Waals surface area contributed by atoms with Crippen molar-refractivity contribution in [2.24, 2.45) is 0 Å². The molecule has 13 aromatic rings. The van der Waals surface area contributed by atoms with E-state index < -0.39 is 0 Å². The summed E-state index contributed by atoms with van der Waals surface area (Å²) in [6.07, 6.45) is 0. The molecule has 0 saturated carbocycles. The maximum absolute atomic E-state index is 6.73. The number of nitrogens with zero attached hydrogens (tertiary/aromatic N) is 2. The van der Waals surface area contributed by atoms with Gasteiger partial charge in [0.25, 0.3) is 0 Å². The third-order valence-corrected chi connectivity index (χ3v) is 11.5. The molecule has 6 nitrogen and oxygen atoms in total. The van der Waals surface area contributed by atoms with E-state index in [1.165, 1.54) is 0 Å². The van der Waals surface area contributed by atoms with Gasteiger partial charge >= 0.3 is 0 Å². The number of hydrogen-bond donors (Lipinski definition) is 0. The summed E-state index contributed by atoms with van der Waals surface area (Å²) < 4.78 is 25.8. The SMILES string of the molecule is c1ccc(-c2ccc3c(c2)oc2c(-c4ccc5c(c4)oc4ccccc45)nc(-c4cccc5oc6cc(-c7ccc8oc9ccccc9c8c7)ccc6c45)nc23)cc1. The fourth-order valence-corrected chi connectivity index (χ4v) is 8.74. The van der Waals surface area contributed by atoms with Crippen LogP contribution in [0, 0.1) is 0 Å². The van der Waals surface area contributed by atoms with E-state index in [-0.39, 0.29) is 0 Å². The molecular weight excluding hydrogens is 717 g/mol. The molecule has 5 heterocycles. The van der Waals surface area contributed by atoms with Crippen molar-refractivity contribution in [2.45, 2.75) is 0 Å². The molecule has 0 fully saturated rings. The van der Waals surface area contributed by atoms with Crippen LogP contribution in [-0.2, 0) is 0 Å². The molecule has 58 heavy (non-hydrogen) atoms. The van der Waals surface area contributed by atoms with Crippen molar-refractivity contribution < 1.29 is 17.7 Å². The largest absolute Gasteiger partial charge is 0.456 e. The van der Waals surface area contributed by atoms with Crippen LogP contribution in [0.5, 0.6) is 0 Å². The second kappa shape index (κ2) is 11.8. The van der Waals surface area contributed by atoms with E-state index in [1.807, 2.05) is 72.8 Å². The van der Waals surface area contributed by atoms with Gasteiger partial charge in [-0.05, 0) is 89.0 Å². The topological polar surface area (TPSA) is 78.3 Å². The minimum absolute atomic E-state index is 0.580. The number of fused-ring (bicyclic) bond motifs is 12. The molecule has 0 unspecified atom stereocenters. The molecule has 0 aliphatic carbocycles.